The van der Waals surface area contributed by atoms with Crippen LogP contribution >= 0.6 is 0 Å². The first-order valence-electron chi connectivity index (χ1n) is 9.32. The molecule has 3 nitrogen and oxygen atoms in total. The van der Waals surface area contributed by atoms with Gasteiger partial charge in [-0.1, -0.05) is 36.4 Å². The van der Waals surface area contributed by atoms with Gasteiger partial charge < -0.3 is 13.9 Å². The number of rotatable bonds is 2. The van der Waals surface area contributed by atoms with Gasteiger partial charge in [-0.25, -0.2) is 0 Å². The van der Waals surface area contributed by atoms with Crippen molar-refractivity contribution in [3.63, 3.8) is 0 Å². The van der Waals surface area contributed by atoms with Crippen LogP contribution in [0.2, 0.25) is 0 Å². The van der Waals surface area contributed by atoms with Crippen molar-refractivity contribution < 1.29 is 13.9 Å². The lowest BCUT2D eigenvalue weighted by Crippen LogP contribution is -2.21. The highest BCUT2D eigenvalue weighted by Gasteiger charge is 2.22. The fourth-order valence-corrected chi connectivity index (χ4v) is 4.00. The largest absolute Gasteiger partial charge is 0.496 e. The molecule has 1 aliphatic carbocycles. The van der Waals surface area contributed by atoms with Gasteiger partial charge in [-0.05, 0) is 64.7 Å². The lowest BCUT2D eigenvalue weighted by atomic mass is 9.85. The summed E-state index contributed by atoms with van der Waals surface area (Å²) >= 11 is 0. The molecule has 1 aromatic heterocycles. The summed E-state index contributed by atoms with van der Waals surface area (Å²) in [7, 11) is 3.58. The molecule has 4 aromatic rings. The Hall–Kier alpha value is -2.78. The first-order valence-corrected chi connectivity index (χ1v) is 9.32. The quantitative estimate of drug-likeness (QED) is 0.424. The highest BCUT2D eigenvalue weighted by atomic mass is 16.5. The second kappa shape index (κ2) is 7.85. The van der Waals surface area contributed by atoms with Crippen molar-refractivity contribution >= 4 is 21.5 Å². The highest BCUT2D eigenvalue weighted by molar-refractivity contribution is 6.11. The Labute approximate surface area is 159 Å². The second-order valence-electron chi connectivity index (χ2n) is 6.82. The Morgan fingerprint density at radius 3 is 2.44 bits per heavy atom. The molecule has 0 bridgehead atoms. The molecule has 3 heteroatoms. The fraction of sp³-hybridized carbons (Fsp3) is 0.250. The van der Waals surface area contributed by atoms with Crippen molar-refractivity contribution in [2.75, 3.05) is 14.2 Å². The van der Waals surface area contributed by atoms with Gasteiger partial charge in [-0.2, -0.15) is 0 Å². The summed E-state index contributed by atoms with van der Waals surface area (Å²) in [6.07, 6.45) is 6.73. The van der Waals surface area contributed by atoms with Crippen LogP contribution in [0.1, 0.15) is 17.5 Å². The first-order chi connectivity index (χ1) is 13.3. The van der Waals surface area contributed by atoms with Crippen molar-refractivity contribution in [1.82, 2.24) is 0 Å². The standard InChI is InChI=1S/C20H20O2.C4H4O/c1-21-15-8-10-17-14(11-15)7-9-18-16-6-4-3-5-13(16)12-19(22-2)20(17)18;1-2-4-5-3-1/h3-7,9,12,15H,8,10-11H2,1-2H3;1-4H. The smallest absolute Gasteiger partial charge is 0.127 e. The van der Waals surface area contributed by atoms with E-state index in [1.54, 1.807) is 19.6 Å². The van der Waals surface area contributed by atoms with E-state index in [0.717, 1.165) is 25.0 Å². The predicted molar refractivity (Wildman–Crippen MR) is 110 cm³/mol. The van der Waals surface area contributed by atoms with Crippen molar-refractivity contribution in [3.8, 4) is 5.75 Å². The molecule has 1 atom stereocenters. The third kappa shape index (κ3) is 3.43. The normalized spacial score (nSPS) is 15.9. The molecule has 1 unspecified atom stereocenters. The van der Waals surface area contributed by atoms with Crippen molar-refractivity contribution in [3.05, 3.63) is 78.3 Å². The van der Waals surface area contributed by atoms with Crippen LogP contribution in [-0.2, 0) is 17.6 Å². The average molecular weight is 360 g/mol. The summed E-state index contributed by atoms with van der Waals surface area (Å²) in [4.78, 5) is 0. The fourth-order valence-electron chi connectivity index (χ4n) is 4.00. The lowest BCUT2D eigenvalue weighted by Gasteiger charge is -2.25. The molecule has 1 heterocycles. The summed E-state index contributed by atoms with van der Waals surface area (Å²) in [5.74, 6) is 0.987. The van der Waals surface area contributed by atoms with Gasteiger partial charge in [0.05, 0.1) is 25.7 Å². The summed E-state index contributed by atoms with van der Waals surface area (Å²) in [5, 5.41) is 5.12. The second-order valence-corrected chi connectivity index (χ2v) is 6.82. The molecule has 138 valence electrons. The van der Waals surface area contributed by atoms with E-state index in [1.165, 1.54) is 32.7 Å². The van der Waals surface area contributed by atoms with Gasteiger partial charge in [0.15, 0.2) is 0 Å². The summed E-state index contributed by atoms with van der Waals surface area (Å²) in [5.41, 5.74) is 2.84. The van der Waals surface area contributed by atoms with Gasteiger partial charge in [0.1, 0.15) is 5.75 Å². The van der Waals surface area contributed by atoms with Crippen LogP contribution in [0.25, 0.3) is 21.5 Å². The van der Waals surface area contributed by atoms with Crippen molar-refractivity contribution in [2.24, 2.45) is 0 Å². The molecular formula is C24H24O3. The molecule has 0 radical (unpaired) electrons. The maximum atomic E-state index is 5.72. The Balaban J connectivity index is 0.000000314. The van der Waals surface area contributed by atoms with Crippen LogP contribution in [0.4, 0.5) is 0 Å². The Morgan fingerprint density at radius 1 is 0.926 bits per heavy atom. The maximum Gasteiger partial charge on any atom is 0.127 e. The zero-order valence-electron chi connectivity index (χ0n) is 15.8. The number of hydrogen-bond donors (Lipinski definition) is 0. The van der Waals surface area contributed by atoms with Crippen LogP contribution in [0.3, 0.4) is 0 Å². The van der Waals surface area contributed by atoms with Crippen molar-refractivity contribution in [2.45, 2.75) is 25.4 Å². The molecule has 3 aromatic carbocycles. The topological polar surface area (TPSA) is 31.6 Å². The number of hydrogen-bond acceptors (Lipinski definition) is 3. The molecular weight excluding hydrogens is 336 g/mol. The molecule has 5 rings (SSSR count). The van der Waals surface area contributed by atoms with E-state index in [2.05, 4.69) is 46.9 Å². The van der Waals surface area contributed by atoms with Gasteiger partial charge in [-0.15, -0.1) is 0 Å². The molecule has 0 saturated carbocycles. The van der Waals surface area contributed by atoms with Gasteiger partial charge >= 0.3 is 0 Å². The third-order valence-corrected chi connectivity index (χ3v) is 5.34. The number of aryl methyl sites for hydroxylation is 1. The minimum absolute atomic E-state index is 0.344. The zero-order valence-corrected chi connectivity index (χ0v) is 15.8. The molecule has 0 aliphatic heterocycles. The monoisotopic (exact) mass is 360 g/mol. The van der Waals surface area contributed by atoms with E-state index in [9.17, 15) is 0 Å². The molecule has 0 fully saturated rings. The number of benzene rings is 3. The number of fused-ring (bicyclic) bond motifs is 5. The first kappa shape index (κ1) is 17.6. The molecule has 0 spiro atoms. The minimum atomic E-state index is 0.344. The number of furan rings is 1. The van der Waals surface area contributed by atoms with Gasteiger partial charge in [-0.3, -0.25) is 0 Å². The molecule has 0 saturated heterocycles. The Bertz CT molecular complexity index is 1020. The summed E-state index contributed by atoms with van der Waals surface area (Å²) in [6, 6.07) is 18.9. The van der Waals surface area contributed by atoms with Crippen LogP contribution in [0, 0.1) is 0 Å². The van der Waals surface area contributed by atoms with E-state index < -0.39 is 0 Å². The lowest BCUT2D eigenvalue weighted by molar-refractivity contribution is 0.0913. The van der Waals surface area contributed by atoms with Gasteiger partial charge in [0.2, 0.25) is 0 Å². The van der Waals surface area contributed by atoms with E-state index in [4.69, 9.17) is 9.47 Å². The molecule has 1 aliphatic rings. The SMILES string of the molecule is COc1cc2ccccc2c2ccc3c(c12)CCC(OC)C3.c1ccoc1. The predicted octanol–water partition coefficient (Wildman–Crippen LogP) is 5.78. The molecule has 0 amide bonds. The molecule has 0 N–H and O–H groups in total. The third-order valence-electron chi connectivity index (χ3n) is 5.34. The van der Waals surface area contributed by atoms with Gasteiger partial charge in [0.25, 0.3) is 0 Å². The Kier molecular flexibility index (Phi) is 5.12. The van der Waals surface area contributed by atoms with Gasteiger partial charge in [0, 0.05) is 12.5 Å². The Morgan fingerprint density at radius 2 is 1.74 bits per heavy atom. The van der Waals surface area contributed by atoms with Crippen LogP contribution in [-0.4, -0.2) is 20.3 Å². The highest BCUT2D eigenvalue weighted by Crippen LogP contribution is 2.39. The number of methoxy groups -OCH3 is 2. The summed E-state index contributed by atoms with van der Waals surface area (Å²) < 4.78 is 15.9. The van der Waals surface area contributed by atoms with Crippen molar-refractivity contribution in [1.29, 1.82) is 0 Å². The average Bonchev–Trinajstić information content (AvgIpc) is 3.32. The van der Waals surface area contributed by atoms with Crippen LogP contribution in [0.5, 0.6) is 5.75 Å². The van der Waals surface area contributed by atoms with Crippen LogP contribution in [0.15, 0.2) is 71.5 Å². The number of ether oxygens (including phenoxy) is 2. The van der Waals surface area contributed by atoms with Crippen LogP contribution < -0.4 is 4.74 Å². The minimum Gasteiger partial charge on any atom is -0.496 e. The van der Waals surface area contributed by atoms with E-state index in [1.807, 2.05) is 19.2 Å². The van der Waals surface area contributed by atoms with E-state index in [-0.39, 0.29) is 0 Å². The summed E-state index contributed by atoms with van der Waals surface area (Å²) in [6.45, 7) is 0. The van der Waals surface area contributed by atoms with E-state index in [0.29, 0.717) is 6.10 Å². The zero-order chi connectivity index (χ0) is 18.6. The van der Waals surface area contributed by atoms with E-state index >= 15 is 0 Å². The maximum absolute atomic E-state index is 5.72. The molecule has 27 heavy (non-hydrogen) atoms.